The number of aliphatic hydroxyl groups is 1. The average molecular weight is 277 g/mol. The van der Waals surface area contributed by atoms with Gasteiger partial charge in [-0.05, 0) is 30.2 Å². The SMILES string of the molecule is N#Cc1c[nH]c2cc(C(CCO)c3ccccn3)ccc12. The summed E-state index contributed by atoms with van der Waals surface area (Å²) in [5, 5.41) is 19.3. The Hall–Kier alpha value is -2.64. The van der Waals surface area contributed by atoms with Gasteiger partial charge >= 0.3 is 0 Å². The van der Waals surface area contributed by atoms with Crippen LogP contribution >= 0.6 is 0 Å². The molecule has 0 aliphatic carbocycles. The highest BCUT2D eigenvalue weighted by molar-refractivity contribution is 5.86. The number of nitriles is 1. The summed E-state index contributed by atoms with van der Waals surface area (Å²) in [4.78, 5) is 7.52. The van der Waals surface area contributed by atoms with Crippen molar-refractivity contribution in [3.8, 4) is 6.07 Å². The molecule has 1 unspecified atom stereocenters. The van der Waals surface area contributed by atoms with Crippen molar-refractivity contribution in [3.05, 3.63) is 65.6 Å². The van der Waals surface area contributed by atoms with E-state index in [1.807, 2.05) is 36.4 Å². The molecular weight excluding hydrogens is 262 g/mol. The standard InChI is InChI=1S/C17H15N3O/c18-10-13-11-20-17-9-12(4-5-14(13)17)15(6-8-21)16-3-1-2-7-19-16/h1-5,7,9,11,15,20-21H,6,8H2. The number of benzene rings is 1. The molecule has 0 saturated heterocycles. The summed E-state index contributed by atoms with van der Waals surface area (Å²) in [7, 11) is 0. The smallest absolute Gasteiger partial charge is 0.101 e. The van der Waals surface area contributed by atoms with Crippen LogP contribution in [0.1, 0.15) is 29.2 Å². The molecule has 0 aliphatic heterocycles. The Bertz CT molecular complexity index is 787. The lowest BCUT2D eigenvalue weighted by atomic mass is 9.91. The first-order valence-electron chi connectivity index (χ1n) is 6.86. The molecular formula is C17H15N3O. The fraction of sp³-hybridized carbons (Fsp3) is 0.176. The third-order valence-corrected chi connectivity index (χ3v) is 3.69. The summed E-state index contributed by atoms with van der Waals surface area (Å²) in [6.07, 6.45) is 4.10. The second kappa shape index (κ2) is 5.78. The van der Waals surface area contributed by atoms with E-state index in [-0.39, 0.29) is 12.5 Å². The number of H-pyrrole nitrogens is 1. The fourth-order valence-corrected chi connectivity index (χ4v) is 2.65. The van der Waals surface area contributed by atoms with Crippen molar-refractivity contribution < 1.29 is 5.11 Å². The van der Waals surface area contributed by atoms with E-state index in [1.165, 1.54) is 0 Å². The van der Waals surface area contributed by atoms with Crippen molar-refractivity contribution in [2.24, 2.45) is 0 Å². The largest absolute Gasteiger partial charge is 0.396 e. The van der Waals surface area contributed by atoms with Gasteiger partial charge in [0.2, 0.25) is 0 Å². The quantitative estimate of drug-likeness (QED) is 0.770. The maximum Gasteiger partial charge on any atom is 0.101 e. The Morgan fingerprint density at radius 2 is 2.19 bits per heavy atom. The first-order valence-corrected chi connectivity index (χ1v) is 6.86. The van der Waals surface area contributed by atoms with Gasteiger partial charge in [0.25, 0.3) is 0 Å². The first-order chi connectivity index (χ1) is 10.3. The van der Waals surface area contributed by atoms with Gasteiger partial charge in [-0.3, -0.25) is 4.98 Å². The zero-order valence-corrected chi connectivity index (χ0v) is 11.5. The van der Waals surface area contributed by atoms with Gasteiger partial charge in [-0.25, -0.2) is 0 Å². The van der Waals surface area contributed by atoms with E-state index >= 15 is 0 Å². The summed E-state index contributed by atoms with van der Waals surface area (Å²) in [6.45, 7) is 0.105. The second-order valence-electron chi connectivity index (χ2n) is 4.94. The molecule has 0 saturated carbocycles. The molecule has 0 aliphatic rings. The highest BCUT2D eigenvalue weighted by Crippen LogP contribution is 2.29. The Morgan fingerprint density at radius 3 is 2.90 bits per heavy atom. The molecule has 0 spiro atoms. The van der Waals surface area contributed by atoms with E-state index in [0.717, 1.165) is 22.2 Å². The molecule has 0 bridgehead atoms. The van der Waals surface area contributed by atoms with E-state index in [0.29, 0.717) is 12.0 Å². The summed E-state index contributed by atoms with van der Waals surface area (Å²) >= 11 is 0. The molecule has 2 heterocycles. The van der Waals surface area contributed by atoms with Gasteiger partial charge in [0, 0.05) is 41.5 Å². The third-order valence-electron chi connectivity index (χ3n) is 3.69. The molecule has 0 radical (unpaired) electrons. The summed E-state index contributed by atoms with van der Waals surface area (Å²) in [5.74, 6) is 0.0504. The summed E-state index contributed by atoms with van der Waals surface area (Å²) in [5.41, 5.74) is 3.61. The lowest BCUT2D eigenvalue weighted by Crippen LogP contribution is -2.05. The Morgan fingerprint density at radius 1 is 1.29 bits per heavy atom. The summed E-state index contributed by atoms with van der Waals surface area (Å²) < 4.78 is 0. The van der Waals surface area contributed by atoms with Crippen molar-refractivity contribution in [2.45, 2.75) is 12.3 Å². The number of aromatic amines is 1. The molecule has 3 aromatic rings. The van der Waals surface area contributed by atoms with E-state index in [9.17, 15) is 5.11 Å². The van der Waals surface area contributed by atoms with E-state index < -0.39 is 0 Å². The van der Waals surface area contributed by atoms with Crippen molar-refractivity contribution in [1.29, 1.82) is 5.26 Å². The highest BCUT2D eigenvalue weighted by atomic mass is 16.3. The normalized spacial score (nSPS) is 12.2. The predicted molar refractivity (Wildman–Crippen MR) is 80.8 cm³/mol. The molecule has 1 aromatic carbocycles. The van der Waals surface area contributed by atoms with Gasteiger partial charge in [0.15, 0.2) is 0 Å². The first kappa shape index (κ1) is 13.3. The maximum absolute atomic E-state index is 9.34. The third kappa shape index (κ3) is 2.51. The van der Waals surface area contributed by atoms with Crippen LogP contribution in [0.5, 0.6) is 0 Å². The Labute approximate surface area is 122 Å². The van der Waals surface area contributed by atoms with Gasteiger partial charge < -0.3 is 10.1 Å². The zero-order chi connectivity index (χ0) is 14.7. The van der Waals surface area contributed by atoms with Crippen LogP contribution in [0.15, 0.2) is 48.8 Å². The minimum absolute atomic E-state index is 0.0504. The number of aliphatic hydroxyl groups excluding tert-OH is 1. The number of pyridine rings is 1. The molecule has 2 N–H and O–H groups in total. The minimum atomic E-state index is 0.0504. The lowest BCUT2D eigenvalue weighted by molar-refractivity contribution is 0.281. The van der Waals surface area contributed by atoms with Crippen LogP contribution in [0.3, 0.4) is 0 Å². The number of aromatic nitrogens is 2. The van der Waals surface area contributed by atoms with Crippen LogP contribution in [0, 0.1) is 11.3 Å². The van der Waals surface area contributed by atoms with Crippen LogP contribution in [-0.2, 0) is 0 Å². The molecule has 1 atom stereocenters. The number of rotatable bonds is 4. The number of fused-ring (bicyclic) bond motifs is 1. The molecule has 3 rings (SSSR count). The zero-order valence-electron chi connectivity index (χ0n) is 11.5. The minimum Gasteiger partial charge on any atom is -0.396 e. The van der Waals surface area contributed by atoms with Crippen molar-refractivity contribution >= 4 is 10.9 Å². The molecule has 0 fully saturated rings. The fourth-order valence-electron chi connectivity index (χ4n) is 2.65. The van der Waals surface area contributed by atoms with E-state index in [2.05, 4.69) is 16.0 Å². The van der Waals surface area contributed by atoms with Crippen LogP contribution in [0.2, 0.25) is 0 Å². The van der Waals surface area contributed by atoms with Gasteiger partial charge in [-0.15, -0.1) is 0 Å². The van der Waals surface area contributed by atoms with Gasteiger partial charge in [0.05, 0.1) is 5.56 Å². The highest BCUT2D eigenvalue weighted by Gasteiger charge is 2.16. The van der Waals surface area contributed by atoms with Gasteiger partial charge in [-0.2, -0.15) is 5.26 Å². The Balaban J connectivity index is 2.06. The Kier molecular flexibility index (Phi) is 3.67. The van der Waals surface area contributed by atoms with Crippen molar-refractivity contribution in [2.75, 3.05) is 6.61 Å². The molecule has 104 valence electrons. The number of nitrogens with one attached hydrogen (secondary N) is 1. The number of nitrogens with zero attached hydrogens (tertiary/aromatic N) is 2. The molecule has 4 heteroatoms. The van der Waals surface area contributed by atoms with Crippen LogP contribution in [-0.4, -0.2) is 21.7 Å². The molecule has 2 aromatic heterocycles. The van der Waals surface area contributed by atoms with E-state index in [1.54, 1.807) is 12.4 Å². The van der Waals surface area contributed by atoms with Gasteiger partial charge in [-0.1, -0.05) is 18.2 Å². The summed E-state index contributed by atoms with van der Waals surface area (Å²) in [6, 6.07) is 14.0. The molecule has 4 nitrogen and oxygen atoms in total. The van der Waals surface area contributed by atoms with E-state index in [4.69, 9.17) is 5.26 Å². The number of hydrogen-bond acceptors (Lipinski definition) is 3. The van der Waals surface area contributed by atoms with Crippen LogP contribution in [0.4, 0.5) is 0 Å². The predicted octanol–water partition coefficient (Wildman–Crippen LogP) is 2.95. The number of hydrogen-bond donors (Lipinski definition) is 2. The maximum atomic E-state index is 9.34. The van der Waals surface area contributed by atoms with Gasteiger partial charge in [0.1, 0.15) is 6.07 Å². The molecule has 0 amide bonds. The monoisotopic (exact) mass is 277 g/mol. The van der Waals surface area contributed by atoms with Crippen LogP contribution < -0.4 is 0 Å². The lowest BCUT2D eigenvalue weighted by Gasteiger charge is -2.16. The topological polar surface area (TPSA) is 72.7 Å². The van der Waals surface area contributed by atoms with Crippen molar-refractivity contribution in [3.63, 3.8) is 0 Å². The molecule has 21 heavy (non-hydrogen) atoms. The van der Waals surface area contributed by atoms with Crippen LogP contribution in [0.25, 0.3) is 10.9 Å². The second-order valence-corrected chi connectivity index (χ2v) is 4.94. The average Bonchev–Trinajstić information content (AvgIpc) is 2.95. The van der Waals surface area contributed by atoms with Crippen molar-refractivity contribution in [1.82, 2.24) is 9.97 Å².